The molecule has 2 aromatic heterocycles. The molecule has 0 aliphatic carbocycles. The number of thioether (sulfide) groups is 1. The summed E-state index contributed by atoms with van der Waals surface area (Å²) in [5, 5.41) is 9.50. The van der Waals surface area contributed by atoms with Crippen molar-refractivity contribution in [3.8, 4) is 0 Å². The summed E-state index contributed by atoms with van der Waals surface area (Å²) in [7, 11) is 0. The maximum absolute atomic E-state index is 13.8. The van der Waals surface area contributed by atoms with Gasteiger partial charge >= 0.3 is 6.55 Å². The number of fused-ring (bicyclic) bond motifs is 1. The van der Waals surface area contributed by atoms with Crippen LogP contribution in [-0.4, -0.2) is 63.3 Å². The lowest BCUT2D eigenvalue weighted by molar-refractivity contribution is 0.0722. The Hall–Kier alpha value is -2.24. The highest BCUT2D eigenvalue weighted by Crippen LogP contribution is 2.30. The van der Waals surface area contributed by atoms with Gasteiger partial charge in [0.2, 0.25) is 5.95 Å². The fraction of sp³-hybridized carbons (Fsp3) is 0.550. The zero-order valence-electron chi connectivity index (χ0n) is 17.0. The molecular formula is C20H24F2N6O2S. The lowest BCUT2D eigenvalue weighted by atomic mass is 10.2. The van der Waals surface area contributed by atoms with E-state index >= 15 is 0 Å². The lowest BCUT2D eigenvalue weighted by Gasteiger charge is -2.28. The van der Waals surface area contributed by atoms with Crippen molar-refractivity contribution in [2.24, 2.45) is 0 Å². The molecule has 0 N–H and O–H groups in total. The molecule has 2 aliphatic heterocycles. The van der Waals surface area contributed by atoms with E-state index < -0.39 is 6.55 Å². The zero-order valence-corrected chi connectivity index (χ0v) is 17.8. The first-order valence-corrected chi connectivity index (χ1v) is 11.4. The van der Waals surface area contributed by atoms with Gasteiger partial charge in [0.25, 0.3) is 0 Å². The van der Waals surface area contributed by atoms with Gasteiger partial charge in [-0.2, -0.15) is 8.78 Å². The SMILES string of the molecule is FC(F)n1c(CSc2nnc(N3CCOCC3)n2CC2CCCO2)nc2ccccc21. The van der Waals surface area contributed by atoms with Gasteiger partial charge in [0.15, 0.2) is 5.16 Å². The van der Waals surface area contributed by atoms with Gasteiger partial charge in [-0.25, -0.2) is 4.98 Å². The third-order valence-electron chi connectivity index (χ3n) is 5.60. The number of ether oxygens (including phenoxy) is 2. The van der Waals surface area contributed by atoms with Gasteiger partial charge in [-0.1, -0.05) is 23.9 Å². The average Bonchev–Trinajstić information content (AvgIpc) is 3.52. The largest absolute Gasteiger partial charge is 0.378 e. The van der Waals surface area contributed by atoms with Crippen molar-refractivity contribution < 1.29 is 18.3 Å². The topological polar surface area (TPSA) is 70.2 Å². The number of benzene rings is 1. The van der Waals surface area contributed by atoms with Crippen LogP contribution < -0.4 is 4.90 Å². The highest BCUT2D eigenvalue weighted by Gasteiger charge is 2.26. The van der Waals surface area contributed by atoms with Crippen molar-refractivity contribution in [1.29, 1.82) is 0 Å². The number of morpholine rings is 1. The first-order chi connectivity index (χ1) is 15.2. The van der Waals surface area contributed by atoms with Crippen LogP contribution in [0.5, 0.6) is 0 Å². The predicted molar refractivity (Wildman–Crippen MR) is 113 cm³/mol. The van der Waals surface area contributed by atoms with Crippen molar-refractivity contribution >= 4 is 28.7 Å². The van der Waals surface area contributed by atoms with Gasteiger partial charge in [0.1, 0.15) is 5.82 Å². The molecule has 31 heavy (non-hydrogen) atoms. The molecule has 166 valence electrons. The number of imidazole rings is 1. The number of hydrogen-bond acceptors (Lipinski definition) is 7. The standard InChI is InChI=1S/C20H24F2N6O2S/c21-18(22)28-16-6-2-1-5-15(16)23-17(28)13-31-20-25-24-19(26-7-10-29-11-8-26)27(20)12-14-4-3-9-30-14/h1-2,5-6,14,18H,3-4,7-13H2. The first kappa shape index (κ1) is 20.7. The van der Waals surface area contributed by atoms with E-state index in [-0.39, 0.29) is 11.9 Å². The van der Waals surface area contributed by atoms with Crippen LogP contribution in [0, 0.1) is 0 Å². The van der Waals surface area contributed by atoms with Gasteiger partial charge in [-0.05, 0) is 25.0 Å². The van der Waals surface area contributed by atoms with E-state index in [9.17, 15) is 8.78 Å². The Kier molecular flexibility index (Phi) is 6.06. The van der Waals surface area contributed by atoms with Gasteiger partial charge in [0.05, 0.1) is 42.6 Å². The van der Waals surface area contributed by atoms with Crippen molar-refractivity contribution in [2.45, 2.75) is 42.9 Å². The van der Waals surface area contributed by atoms with Gasteiger partial charge < -0.3 is 14.4 Å². The van der Waals surface area contributed by atoms with Crippen molar-refractivity contribution in [1.82, 2.24) is 24.3 Å². The Morgan fingerprint density at radius 3 is 2.74 bits per heavy atom. The van der Waals surface area contributed by atoms with Crippen LogP contribution in [0.25, 0.3) is 11.0 Å². The fourth-order valence-corrected chi connectivity index (χ4v) is 4.95. The molecule has 0 bridgehead atoms. The van der Waals surface area contributed by atoms with E-state index in [4.69, 9.17) is 9.47 Å². The summed E-state index contributed by atoms with van der Waals surface area (Å²) in [6, 6.07) is 6.96. The summed E-state index contributed by atoms with van der Waals surface area (Å²) in [5.74, 6) is 1.37. The van der Waals surface area contributed by atoms with Crippen molar-refractivity contribution in [3.63, 3.8) is 0 Å². The van der Waals surface area contributed by atoms with E-state index in [0.717, 1.165) is 43.1 Å². The Morgan fingerprint density at radius 1 is 1.13 bits per heavy atom. The molecule has 2 saturated heterocycles. The van der Waals surface area contributed by atoms with E-state index in [0.29, 0.717) is 41.8 Å². The third kappa shape index (κ3) is 4.26. The molecule has 11 heteroatoms. The normalized spacial score (nSPS) is 19.7. The predicted octanol–water partition coefficient (Wildman–Crippen LogP) is 3.33. The first-order valence-electron chi connectivity index (χ1n) is 10.4. The molecule has 0 saturated carbocycles. The Bertz CT molecular complexity index is 1030. The number of alkyl halides is 2. The second-order valence-corrected chi connectivity index (χ2v) is 8.52. The molecule has 5 rings (SSSR count). The van der Waals surface area contributed by atoms with Crippen molar-refractivity contribution in [3.05, 3.63) is 30.1 Å². The number of aromatic nitrogens is 5. The number of halogens is 2. The molecular weight excluding hydrogens is 426 g/mol. The Morgan fingerprint density at radius 2 is 1.97 bits per heavy atom. The van der Waals surface area contributed by atoms with Gasteiger partial charge in [0, 0.05) is 19.7 Å². The molecule has 0 spiro atoms. The fourth-order valence-electron chi connectivity index (χ4n) is 4.08. The molecule has 8 nitrogen and oxygen atoms in total. The number of para-hydroxylation sites is 2. The molecule has 1 aromatic carbocycles. The minimum absolute atomic E-state index is 0.112. The van der Waals surface area contributed by atoms with E-state index in [1.165, 1.54) is 11.8 Å². The quantitative estimate of drug-likeness (QED) is 0.512. The summed E-state index contributed by atoms with van der Waals surface area (Å²) in [5.41, 5.74) is 0.996. The summed E-state index contributed by atoms with van der Waals surface area (Å²) in [6.45, 7) is 1.54. The van der Waals surface area contributed by atoms with Crippen LogP contribution in [0.2, 0.25) is 0 Å². The average molecular weight is 451 g/mol. The monoisotopic (exact) mass is 450 g/mol. The molecule has 2 fully saturated rings. The van der Waals surface area contributed by atoms with Crippen LogP contribution in [0.15, 0.2) is 29.4 Å². The maximum Gasteiger partial charge on any atom is 0.320 e. The molecule has 0 radical (unpaired) electrons. The smallest absolute Gasteiger partial charge is 0.320 e. The number of rotatable bonds is 7. The molecule has 4 heterocycles. The molecule has 2 aliphatic rings. The van der Waals surface area contributed by atoms with Gasteiger partial charge in [-0.3, -0.25) is 9.13 Å². The molecule has 1 unspecified atom stereocenters. The van der Waals surface area contributed by atoms with Crippen LogP contribution in [0.4, 0.5) is 14.7 Å². The summed E-state index contributed by atoms with van der Waals surface area (Å²) >= 11 is 1.37. The van der Waals surface area contributed by atoms with Crippen LogP contribution in [0.3, 0.4) is 0 Å². The second-order valence-electron chi connectivity index (χ2n) is 7.58. The van der Waals surface area contributed by atoms with E-state index in [1.807, 2.05) is 0 Å². The Labute approximate surface area is 182 Å². The molecule has 0 amide bonds. The number of hydrogen-bond donors (Lipinski definition) is 0. The highest BCUT2D eigenvalue weighted by atomic mass is 32.2. The third-order valence-corrected chi connectivity index (χ3v) is 6.56. The lowest BCUT2D eigenvalue weighted by Crippen LogP contribution is -2.38. The number of anilines is 1. The van der Waals surface area contributed by atoms with E-state index in [1.54, 1.807) is 24.3 Å². The van der Waals surface area contributed by atoms with E-state index in [2.05, 4.69) is 24.6 Å². The van der Waals surface area contributed by atoms with Crippen LogP contribution >= 0.6 is 11.8 Å². The van der Waals surface area contributed by atoms with Gasteiger partial charge in [-0.15, -0.1) is 10.2 Å². The van der Waals surface area contributed by atoms with Crippen LogP contribution in [0.1, 0.15) is 25.2 Å². The van der Waals surface area contributed by atoms with Crippen LogP contribution in [-0.2, 0) is 21.8 Å². The summed E-state index contributed by atoms with van der Waals surface area (Å²) < 4.78 is 41.9. The highest BCUT2D eigenvalue weighted by molar-refractivity contribution is 7.98. The Balaban J connectivity index is 1.41. The van der Waals surface area contributed by atoms with Crippen molar-refractivity contribution in [2.75, 3.05) is 37.8 Å². The summed E-state index contributed by atoms with van der Waals surface area (Å²) in [6.07, 6.45) is 2.15. The maximum atomic E-state index is 13.8. The molecule has 3 aromatic rings. The number of nitrogens with zero attached hydrogens (tertiary/aromatic N) is 6. The second kappa shape index (κ2) is 9.09. The minimum Gasteiger partial charge on any atom is -0.378 e. The summed E-state index contributed by atoms with van der Waals surface area (Å²) in [4.78, 5) is 6.59. The minimum atomic E-state index is -2.66. The zero-order chi connectivity index (χ0) is 21.2. The molecule has 1 atom stereocenters.